The Bertz CT molecular complexity index is 832. The normalized spacial score (nSPS) is 44.2. The average molecular weight is 441 g/mol. The molecule has 0 aromatic carbocycles. The van der Waals surface area contributed by atoms with Gasteiger partial charge in [-0.2, -0.15) is 0 Å². The molecule has 0 spiro atoms. The van der Waals surface area contributed by atoms with Crippen molar-refractivity contribution in [3.05, 3.63) is 34.9 Å². The first-order valence-corrected chi connectivity index (χ1v) is 13.3. The van der Waals surface area contributed by atoms with Crippen LogP contribution in [-0.4, -0.2) is 22.9 Å². The summed E-state index contributed by atoms with van der Waals surface area (Å²) in [6.07, 6.45) is 16.6. The predicted octanol–water partition coefficient (Wildman–Crippen LogP) is 7.23. The molecule has 7 atom stereocenters. The van der Waals surface area contributed by atoms with Gasteiger partial charge >= 0.3 is 0 Å². The van der Waals surface area contributed by atoms with Gasteiger partial charge in [-0.15, -0.1) is 0 Å². The second-order valence-electron chi connectivity index (χ2n) is 13.2. The summed E-state index contributed by atoms with van der Waals surface area (Å²) in [7, 11) is 0. The molecule has 0 unspecified atom stereocenters. The maximum atomic E-state index is 10.8. The lowest BCUT2D eigenvalue weighted by Gasteiger charge is -2.61. The largest absolute Gasteiger partial charge is 0.393 e. The zero-order chi connectivity index (χ0) is 23.5. The zero-order valence-electron chi connectivity index (χ0n) is 21.8. The Kier molecular flexibility index (Phi) is 6.16. The fraction of sp³-hybridized carbons (Fsp3) is 0.800. The van der Waals surface area contributed by atoms with Crippen LogP contribution in [0.2, 0.25) is 0 Å². The van der Waals surface area contributed by atoms with Gasteiger partial charge in [0.05, 0.1) is 12.7 Å². The number of rotatable bonds is 5. The van der Waals surface area contributed by atoms with Crippen LogP contribution in [0.15, 0.2) is 34.9 Å². The molecule has 2 saturated carbocycles. The second kappa shape index (κ2) is 8.12. The topological polar surface area (TPSA) is 40.5 Å². The van der Waals surface area contributed by atoms with Crippen LogP contribution in [0.4, 0.5) is 0 Å². The van der Waals surface area contributed by atoms with Gasteiger partial charge in [0.1, 0.15) is 0 Å². The number of fused-ring (bicyclic) bond motifs is 5. The highest BCUT2D eigenvalue weighted by Crippen LogP contribution is 2.71. The number of hydrogen-bond acceptors (Lipinski definition) is 2. The molecule has 4 aliphatic rings. The van der Waals surface area contributed by atoms with Gasteiger partial charge in [-0.05, 0) is 109 Å². The molecular weight excluding hydrogens is 392 g/mol. The molecule has 0 amide bonds. The molecule has 0 radical (unpaired) electrons. The van der Waals surface area contributed by atoms with E-state index in [1.54, 1.807) is 11.1 Å². The Labute approximate surface area is 197 Å². The van der Waals surface area contributed by atoms with Crippen LogP contribution in [0, 0.1) is 39.4 Å². The summed E-state index contributed by atoms with van der Waals surface area (Å²) in [5.74, 6) is 1.99. The lowest BCUT2D eigenvalue weighted by molar-refractivity contribution is -0.0851. The highest BCUT2D eigenvalue weighted by Gasteiger charge is 2.62. The van der Waals surface area contributed by atoms with Crippen LogP contribution in [0.5, 0.6) is 0 Å². The molecule has 4 aliphatic carbocycles. The minimum absolute atomic E-state index is 0.0233. The summed E-state index contributed by atoms with van der Waals surface area (Å²) in [5, 5.41) is 20.1. The molecule has 2 fully saturated rings. The van der Waals surface area contributed by atoms with Gasteiger partial charge in [-0.1, -0.05) is 65.3 Å². The van der Waals surface area contributed by atoms with E-state index in [-0.39, 0.29) is 29.0 Å². The summed E-state index contributed by atoms with van der Waals surface area (Å²) in [6.45, 7) is 17.0. The number of aliphatic hydroxyl groups excluding tert-OH is 2. The van der Waals surface area contributed by atoms with Crippen molar-refractivity contribution in [3.8, 4) is 0 Å². The number of hydrogen-bond donors (Lipinski definition) is 2. The Balaban J connectivity index is 1.63. The number of aliphatic hydroxyl groups is 2. The molecule has 2 N–H and O–H groups in total. The van der Waals surface area contributed by atoms with E-state index in [9.17, 15) is 10.2 Å². The Morgan fingerprint density at radius 2 is 1.81 bits per heavy atom. The predicted molar refractivity (Wildman–Crippen MR) is 134 cm³/mol. The van der Waals surface area contributed by atoms with E-state index in [2.05, 4.69) is 59.8 Å². The smallest absolute Gasteiger partial charge is 0.0639 e. The fourth-order valence-electron chi connectivity index (χ4n) is 8.80. The van der Waals surface area contributed by atoms with Gasteiger partial charge in [0.25, 0.3) is 0 Å². The van der Waals surface area contributed by atoms with Crippen LogP contribution in [0.1, 0.15) is 99.8 Å². The Hall–Kier alpha value is -0.860. The van der Waals surface area contributed by atoms with Crippen LogP contribution < -0.4 is 0 Å². The quantitative estimate of drug-likeness (QED) is 0.443. The summed E-state index contributed by atoms with van der Waals surface area (Å²) < 4.78 is 0. The van der Waals surface area contributed by atoms with Crippen LogP contribution >= 0.6 is 0 Å². The molecule has 0 bridgehead atoms. The Morgan fingerprint density at radius 1 is 1.09 bits per heavy atom. The third-order valence-electron chi connectivity index (χ3n) is 11.3. The van der Waals surface area contributed by atoms with E-state index in [0.717, 1.165) is 37.2 Å². The van der Waals surface area contributed by atoms with E-state index in [4.69, 9.17) is 0 Å². The minimum atomic E-state index is -0.180. The first-order valence-electron chi connectivity index (χ1n) is 13.3. The molecule has 2 nitrogen and oxygen atoms in total. The second-order valence-corrected chi connectivity index (χ2v) is 13.2. The molecule has 0 saturated heterocycles. The van der Waals surface area contributed by atoms with Crippen LogP contribution in [0.25, 0.3) is 0 Å². The summed E-state index contributed by atoms with van der Waals surface area (Å²) >= 11 is 0. The van der Waals surface area contributed by atoms with E-state index in [1.165, 1.54) is 25.7 Å². The van der Waals surface area contributed by atoms with Gasteiger partial charge in [0.2, 0.25) is 0 Å². The van der Waals surface area contributed by atoms with Crippen molar-refractivity contribution in [2.45, 2.75) is 106 Å². The van der Waals surface area contributed by atoms with E-state index >= 15 is 0 Å². The summed E-state index contributed by atoms with van der Waals surface area (Å²) in [5.41, 5.74) is 5.18. The summed E-state index contributed by atoms with van der Waals surface area (Å²) in [4.78, 5) is 0. The van der Waals surface area contributed by atoms with E-state index < -0.39 is 0 Å². The van der Waals surface area contributed by atoms with Crippen molar-refractivity contribution in [2.75, 3.05) is 6.61 Å². The van der Waals surface area contributed by atoms with Crippen molar-refractivity contribution in [3.63, 3.8) is 0 Å². The third-order valence-corrected chi connectivity index (χ3v) is 11.3. The van der Waals surface area contributed by atoms with E-state index in [0.29, 0.717) is 17.3 Å². The van der Waals surface area contributed by atoms with Crippen molar-refractivity contribution >= 4 is 0 Å². The highest BCUT2D eigenvalue weighted by molar-refractivity contribution is 5.49. The lowest BCUT2D eigenvalue weighted by atomic mass is 9.44. The SMILES string of the molecule is C/C(=C\CC[C@@H](C)[C@H]1CC[C@@]2(C)C3=CC[C@@H]4C(C)(C)[C@@H](O)CC[C@]4(C)C3=CC[C@]12C)CO. The molecule has 180 valence electrons. The molecule has 0 heterocycles. The maximum absolute atomic E-state index is 10.8. The van der Waals surface area contributed by atoms with Gasteiger partial charge in [-0.3, -0.25) is 0 Å². The van der Waals surface area contributed by atoms with Crippen molar-refractivity contribution < 1.29 is 10.2 Å². The van der Waals surface area contributed by atoms with Gasteiger partial charge in [0.15, 0.2) is 0 Å². The molecule has 0 aliphatic heterocycles. The average Bonchev–Trinajstić information content (AvgIpc) is 3.02. The maximum Gasteiger partial charge on any atom is 0.0639 e. The first kappa shape index (κ1) is 24.3. The van der Waals surface area contributed by atoms with Crippen LogP contribution in [-0.2, 0) is 0 Å². The molecule has 32 heavy (non-hydrogen) atoms. The van der Waals surface area contributed by atoms with E-state index in [1.807, 2.05) is 6.92 Å². The van der Waals surface area contributed by atoms with Gasteiger partial charge in [-0.25, -0.2) is 0 Å². The van der Waals surface area contributed by atoms with Crippen molar-refractivity contribution in [2.24, 2.45) is 39.4 Å². The van der Waals surface area contributed by atoms with Gasteiger partial charge < -0.3 is 10.2 Å². The minimum Gasteiger partial charge on any atom is -0.393 e. The summed E-state index contributed by atoms with van der Waals surface area (Å²) in [6, 6.07) is 0. The highest BCUT2D eigenvalue weighted by atomic mass is 16.3. The molecule has 0 aromatic rings. The standard InChI is InChI=1S/C30H48O2/c1-20(19-31)9-8-10-21(2)22-13-17-30(7)24-11-12-25-27(3,4)26(32)15-16-28(25,5)23(24)14-18-29(22,30)6/h9,11,14,21-22,25-26,31-32H,8,10,12-13,15-19H2,1-7H3/b20-9+/t21-,22-,25-,26+,28-,29-,30+/m1/s1. The zero-order valence-corrected chi connectivity index (χ0v) is 21.8. The van der Waals surface area contributed by atoms with Crippen molar-refractivity contribution in [1.29, 1.82) is 0 Å². The number of allylic oxidation sites excluding steroid dienone is 5. The monoisotopic (exact) mass is 440 g/mol. The van der Waals surface area contributed by atoms with Crippen molar-refractivity contribution in [1.82, 2.24) is 0 Å². The van der Waals surface area contributed by atoms with Crippen LogP contribution in [0.3, 0.4) is 0 Å². The van der Waals surface area contributed by atoms with Gasteiger partial charge in [0, 0.05) is 0 Å². The molecule has 2 heteroatoms. The lowest BCUT2D eigenvalue weighted by Crippen LogP contribution is -2.54. The molecule has 0 aromatic heterocycles. The Morgan fingerprint density at radius 3 is 2.50 bits per heavy atom. The fourth-order valence-corrected chi connectivity index (χ4v) is 8.80. The molecule has 4 rings (SSSR count). The first-order chi connectivity index (χ1) is 14.9. The molecular formula is C30H48O2. The third kappa shape index (κ3) is 3.34.